The summed E-state index contributed by atoms with van der Waals surface area (Å²) in [5, 5.41) is 0. The second kappa shape index (κ2) is 4.23. The highest BCUT2D eigenvalue weighted by atomic mass is 15.2. The predicted molar refractivity (Wildman–Crippen MR) is 64.7 cm³/mol. The first kappa shape index (κ1) is 10.5. The minimum absolute atomic E-state index is 0.713. The van der Waals surface area contributed by atoms with Crippen molar-refractivity contribution < 1.29 is 0 Å². The highest BCUT2D eigenvalue weighted by molar-refractivity contribution is 5.48. The first-order chi connectivity index (χ1) is 7.16. The molecule has 1 heterocycles. The van der Waals surface area contributed by atoms with E-state index in [0.29, 0.717) is 6.04 Å². The average Bonchev–Trinajstić information content (AvgIpc) is 2.58. The van der Waals surface area contributed by atoms with Crippen molar-refractivity contribution in [3.05, 3.63) is 29.3 Å². The summed E-state index contributed by atoms with van der Waals surface area (Å²) in [6.07, 6.45) is 2.65. The number of nitrogen functional groups attached to an aromatic ring is 1. The van der Waals surface area contributed by atoms with E-state index in [1.54, 1.807) is 0 Å². The molecule has 2 heteroatoms. The average molecular weight is 204 g/mol. The zero-order chi connectivity index (χ0) is 10.8. The molecular formula is C13H20N2. The molecule has 0 spiro atoms. The van der Waals surface area contributed by atoms with E-state index in [0.717, 1.165) is 12.2 Å². The Kier molecular flexibility index (Phi) is 2.96. The van der Waals surface area contributed by atoms with E-state index in [2.05, 4.69) is 30.9 Å². The fourth-order valence-electron chi connectivity index (χ4n) is 2.32. The number of anilines is 1. The minimum atomic E-state index is 0.713. The van der Waals surface area contributed by atoms with Gasteiger partial charge in [-0.25, -0.2) is 0 Å². The summed E-state index contributed by atoms with van der Waals surface area (Å²) < 4.78 is 0. The molecule has 82 valence electrons. The standard InChI is InChI=1S/C13H20N2/c1-10-5-6-13(14)12(8-10)9-15-7-3-4-11(15)2/h5-6,8,11H,3-4,7,9,14H2,1-2H3. The summed E-state index contributed by atoms with van der Waals surface area (Å²) in [6, 6.07) is 7.02. The van der Waals surface area contributed by atoms with Crippen LogP contribution in [-0.4, -0.2) is 17.5 Å². The maximum Gasteiger partial charge on any atom is 0.0359 e. The number of aryl methyl sites for hydroxylation is 1. The van der Waals surface area contributed by atoms with Crippen LogP contribution in [0.4, 0.5) is 5.69 Å². The lowest BCUT2D eigenvalue weighted by atomic mass is 10.1. The second-order valence-corrected chi connectivity index (χ2v) is 4.66. The van der Waals surface area contributed by atoms with Crippen LogP contribution in [0.5, 0.6) is 0 Å². The van der Waals surface area contributed by atoms with Gasteiger partial charge in [0.2, 0.25) is 0 Å². The molecule has 1 aromatic rings. The molecule has 2 nitrogen and oxygen atoms in total. The fraction of sp³-hybridized carbons (Fsp3) is 0.538. The molecule has 15 heavy (non-hydrogen) atoms. The second-order valence-electron chi connectivity index (χ2n) is 4.66. The Morgan fingerprint density at radius 1 is 1.47 bits per heavy atom. The van der Waals surface area contributed by atoms with E-state index in [9.17, 15) is 0 Å². The number of nitrogens with two attached hydrogens (primary N) is 1. The summed E-state index contributed by atoms with van der Waals surface area (Å²) in [4.78, 5) is 2.52. The minimum Gasteiger partial charge on any atom is -0.398 e. The quantitative estimate of drug-likeness (QED) is 0.750. The predicted octanol–water partition coefficient (Wildman–Crippen LogP) is 2.56. The van der Waals surface area contributed by atoms with Gasteiger partial charge in [0.25, 0.3) is 0 Å². The van der Waals surface area contributed by atoms with Crippen molar-refractivity contribution in [1.29, 1.82) is 0 Å². The van der Waals surface area contributed by atoms with Crippen LogP contribution in [0.15, 0.2) is 18.2 Å². The largest absolute Gasteiger partial charge is 0.398 e. The smallest absolute Gasteiger partial charge is 0.0359 e. The van der Waals surface area contributed by atoms with Crippen LogP contribution in [0, 0.1) is 6.92 Å². The van der Waals surface area contributed by atoms with Gasteiger partial charge in [-0.3, -0.25) is 4.90 Å². The molecule has 0 radical (unpaired) electrons. The molecule has 1 aliphatic rings. The molecule has 0 aromatic heterocycles. The van der Waals surface area contributed by atoms with E-state index in [1.165, 1.54) is 30.5 Å². The maximum absolute atomic E-state index is 5.99. The van der Waals surface area contributed by atoms with Crippen LogP contribution in [0.25, 0.3) is 0 Å². The van der Waals surface area contributed by atoms with Crippen molar-refractivity contribution in [3.63, 3.8) is 0 Å². The first-order valence-corrected chi connectivity index (χ1v) is 5.76. The van der Waals surface area contributed by atoms with Gasteiger partial charge in [0.05, 0.1) is 0 Å². The lowest BCUT2D eigenvalue weighted by molar-refractivity contribution is 0.261. The molecular weight excluding hydrogens is 184 g/mol. The summed E-state index contributed by atoms with van der Waals surface area (Å²) in [6.45, 7) is 6.65. The number of rotatable bonds is 2. The molecule has 0 bridgehead atoms. The Morgan fingerprint density at radius 3 is 2.93 bits per heavy atom. The van der Waals surface area contributed by atoms with Crippen molar-refractivity contribution >= 4 is 5.69 Å². The topological polar surface area (TPSA) is 29.3 Å². The van der Waals surface area contributed by atoms with Crippen LogP contribution < -0.4 is 5.73 Å². The van der Waals surface area contributed by atoms with Crippen molar-refractivity contribution in [2.45, 2.75) is 39.3 Å². The van der Waals surface area contributed by atoms with E-state index in [4.69, 9.17) is 5.73 Å². The molecule has 0 amide bonds. The van der Waals surface area contributed by atoms with E-state index in [1.807, 2.05) is 6.07 Å². The van der Waals surface area contributed by atoms with Crippen molar-refractivity contribution in [1.82, 2.24) is 4.90 Å². The van der Waals surface area contributed by atoms with Crippen LogP contribution >= 0.6 is 0 Å². The third kappa shape index (κ3) is 2.32. The Balaban J connectivity index is 2.12. The van der Waals surface area contributed by atoms with Gasteiger partial charge >= 0.3 is 0 Å². The lowest BCUT2D eigenvalue weighted by Gasteiger charge is -2.22. The number of hydrogen-bond donors (Lipinski definition) is 1. The third-order valence-electron chi connectivity index (χ3n) is 3.36. The Labute approximate surface area is 92.1 Å². The van der Waals surface area contributed by atoms with Crippen molar-refractivity contribution in [2.75, 3.05) is 12.3 Å². The van der Waals surface area contributed by atoms with E-state index >= 15 is 0 Å². The van der Waals surface area contributed by atoms with Crippen LogP contribution in [0.2, 0.25) is 0 Å². The maximum atomic E-state index is 5.99. The van der Waals surface area contributed by atoms with Crippen LogP contribution in [0.3, 0.4) is 0 Å². The van der Waals surface area contributed by atoms with E-state index < -0.39 is 0 Å². The fourth-order valence-corrected chi connectivity index (χ4v) is 2.32. The van der Waals surface area contributed by atoms with Gasteiger partial charge in [-0.1, -0.05) is 17.7 Å². The molecule has 1 aromatic carbocycles. The highest BCUT2D eigenvalue weighted by Crippen LogP contribution is 2.22. The van der Waals surface area contributed by atoms with Crippen LogP contribution in [-0.2, 0) is 6.54 Å². The normalized spacial score (nSPS) is 22.1. The number of benzene rings is 1. The van der Waals surface area contributed by atoms with Gasteiger partial charge < -0.3 is 5.73 Å². The lowest BCUT2D eigenvalue weighted by Crippen LogP contribution is -2.26. The summed E-state index contributed by atoms with van der Waals surface area (Å²) in [7, 11) is 0. The molecule has 1 saturated heterocycles. The molecule has 1 aliphatic heterocycles. The molecule has 2 N–H and O–H groups in total. The molecule has 2 rings (SSSR count). The van der Waals surface area contributed by atoms with Gasteiger partial charge in [-0.2, -0.15) is 0 Å². The SMILES string of the molecule is Cc1ccc(N)c(CN2CCCC2C)c1. The van der Waals surface area contributed by atoms with Gasteiger partial charge in [0, 0.05) is 18.3 Å². The number of likely N-dealkylation sites (tertiary alicyclic amines) is 1. The summed E-state index contributed by atoms with van der Waals surface area (Å²) >= 11 is 0. The molecule has 0 saturated carbocycles. The molecule has 1 unspecified atom stereocenters. The first-order valence-electron chi connectivity index (χ1n) is 5.76. The Morgan fingerprint density at radius 2 is 2.27 bits per heavy atom. The number of hydrogen-bond acceptors (Lipinski definition) is 2. The Bertz CT molecular complexity index is 346. The van der Waals surface area contributed by atoms with Crippen molar-refractivity contribution in [3.8, 4) is 0 Å². The molecule has 1 fully saturated rings. The summed E-state index contributed by atoms with van der Waals surface area (Å²) in [5.74, 6) is 0. The van der Waals surface area contributed by atoms with Gasteiger partial charge in [0.1, 0.15) is 0 Å². The molecule has 1 atom stereocenters. The zero-order valence-electron chi connectivity index (χ0n) is 9.66. The van der Waals surface area contributed by atoms with Gasteiger partial charge in [0.15, 0.2) is 0 Å². The third-order valence-corrected chi connectivity index (χ3v) is 3.36. The Hall–Kier alpha value is -1.02. The monoisotopic (exact) mass is 204 g/mol. The van der Waals surface area contributed by atoms with Crippen LogP contribution in [0.1, 0.15) is 30.9 Å². The highest BCUT2D eigenvalue weighted by Gasteiger charge is 2.20. The van der Waals surface area contributed by atoms with E-state index in [-0.39, 0.29) is 0 Å². The molecule has 0 aliphatic carbocycles. The van der Waals surface area contributed by atoms with Crippen molar-refractivity contribution in [2.24, 2.45) is 0 Å². The number of nitrogens with zero attached hydrogens (tertiary/aromatic N) is 1. The zero-order valence-corrected chi connectivity index (χ0v) is 9.66. The summed E-state index contributed by atoms with van der Waals surface area (Å²) in [5.41, 5.74) is 9.50. The van der Waals surface area contributed by atoms with Gasteiger partial charge in [-0.05, 0) is 44.9 Å². The van der Waals surface area contributed by atoms with Gasteiger partial charge in [-0.15, -0.1) is 0 Å².